The molecular weight excluding hydrogens is 310 g/mol. The Labute approximate surface area is 128 Å². The Morgan fingerprint density at radius 2 is 2.00 bits per heavy atom. The van der Waals surface area contributed by atoms with E-state index in [1.165, 1.54) is 0 Å². The molecule has 1 spiro atoms. The summed E-state index contributed by atoms with van der Waals surface area (Å²) >= 11 is 0. The van der Waals surface area contributed by atoms with Crippen molar-refractivity contribution in [2.75, 3.05) is 18.1 Å². The van der Waals surface area contributed by atoms with E-state index >= 15 is 0 Å². The molecule has 0 bridgehead atoms. The molecule has 2 heterocycles. The monoisotopic (exact) mass is 329 g/mol. The Balaban J connectivity index is 1.60. The molecule has 2 aliphatic heterocycles. The van der Waals surface area contributed by atoms with Crippen LogP contribution in [0, 0.1) is 0 Å². The first kappa shape index (κ1) is 15.3. The summed E-state index contributed by atoms with van der Waals surface area (Å²) in [5, 5.41) is 5.29. The zero-order valence-electron chi connectivity index (χ0n) is 12.1. The van der Waals surface area contributed by atoms with Crippen LogP contribution in [-0.2, 0) is 19.4 Å². The summed E-state index contributed by atoms with van der Waals surface area (Å²) in [6.07, 6.45) is 3.35. The van der Waals surface area contributed by atoms with Gasteiger partial charge in [-0.05, 0) is 19.3 Å². The number of urea groups is 1. The first-order valence-electron chi connectivity index (χ1n) is 7.45. The minimum absolute atomic E-state index is 0.0597. The third-order valence-corrected chi connectivity index (χ3v) is 6.37. The molecule has 9 heteroatoms. The van der Waals surface area contributed by atoms with Gasteiger partial charge >= 0.3 is 6.03 Å². The topological polar surface area (TPSA) is 113 Å². The second-order valence-corrected chi connectivity index (χ2v) is 8.51. The molecular formula is C13H19N3O5S. The fourth-order valence-electron chi connectivity index (χ4n) is 3.46. The maximum absolute atomic E-state index is 12.4. The van der Waals surface area contributed by atoms with Gasteiger partial charge in [-0.3, -0.25) is 14.5 Å². The van der Waals surface area contributed by atoms with Crippen LogP contribution in [0.1, 0.15) is 32.1 Å². The van der Waals surface area contributed by atoms with E-state index in [0.717, 1.165) is 17.7 Å². The lowest BCUT2D eigenvalue weighted by Crippen LogP contribution is -2.46. The molecule has 0 aromatic carbocycles. The maximum atomic E-state index is 12.4. The number of nitrogens with zero attached hydrogens (tertiary/aromatic N) is 1. The van der Waals surface area contributed by atoms with Crippen LogP contribution >= 0.6 is 0 Å². The van der Waals surface area contributed by atoms with Gasteiger partial charge in [0.25, 0.3) is 5.91 Å². The van der Waals surface area contributed by atoms with Crippen molar-refractivity contribution in [3.05, 3.63) is 0 Å². The second-order valence-electron chi connectivity index (χ2n) is 6.28. The van der Waals surface area contributed by atoms with Crippen LogP contribution in [0.2, 0.25) is 0 Å². The zero-order valence-corrected chi connectivity index (χ0v) is 12.9. The van der Waals surface area contributed by atoms with E-state index in [-0.39, 0.29) is 24.0 Å². The Hall–Kier alpha value is -1.64. The van der Waals surface area contributed by atoms with Gasteiger partial charge in [0.15, 0.2) is 9.84 Å². The number of carbonyl (C=O) groups is 3. The Kier molecular flexibility index (Phi) is 3.62. The van der Waals surface area contributed by atoms with Gasteiger partial charge in [-0.25, -0.2) is 13.2 Å². The number of carbonyl (C=O) groups excluding carboxylic acids is 3. The van der Waals surface area contributed by atoms with Crippen LogP contribution < -0.4 is 10.6 Å². The highest BCUT2D eigenvalue weighted by Gasteiger charge is 2.52. The molecule has 122 valence electrons. The van der Waals surface area contributed by atoms with E-state index in [2.05, 4.69) is 10.6 Å². The van der Waals surface area contributed by atoms with Crippen molar-refractivity contribution in [2.45, 2.75) is 43.7 Å². The quantitative estimate of drug-likeness (QED) is 0.655. The molecule has 4 amide bonds. The van der Waals surface area contributed by atoms with Crippen molar-refractivity contribution in [1.29, 1.82) is 0 Å². The molecule has 3 rings (SSSR count). The summed E-state index contributed by atoms with van der Waals surface area (Å²) in [6.45, 7) is -0.358. The van der Waals surface area contributed by atoms with Crippen molar-refractivity contribution in [1.82, 2.24) is 15.5 Å². The predicted molar refractivity (Wildman–Crippen MR) is 76.6 cm³/mol. The molecule has 3 fully saturated rings. The van der Waals surface area contributed by atoms with Crippen molar-refractivity contribution in [3.63, 3.8) is 0 Å². The van der Waals surface area contributed by atoms with E-state index in [1.54, 1.807) is 0 Å². The molecule has 3 aliphatic rings. The van der Waals surface area contributed by atoms with Gasteiger partial charge in [-0.1, -0.05) is 12.8 Å². The van der Waals surface area contributed by atoms with Gasteiger partial charge in [-0.2, -0.15) is 0 Å². The van der Waals surface area contributed by atoms with Gasteiger partial charge in [0.1, 0.15) is 12.1 Å². The molecule has 1 atom stereocenters. The van der Waals surface area contributed by atoms with Gasteiger partial charge in [0.2, 0.25) is 5.91 Å². The molecule has 8 nitrogen and oxygen atoms in total. The van der Waals surface area contributed by atoms with Crippen molar-refractivity contribution in [2.24, 2.45) is 0 Å². The normalized spacial score (nSPS) is 29.1. The summed E-state index contributed by atoms with van der Waals surface area (Å²) in [5.41, 5.74) is -0.825. The minimum Gasteiger partial charge on any atom is -0.351 e. The summed E-state index contributed by atoms with van der Waals surface area (Å²) in [7, 11) is -3.08. The summed E-state index contributed by atoms with van der Waals surface area (Å²) in [5.74, 6) is -0.864. The third-order valence-electron chi connectivity index (χ3n) is 4.60. The molecule has 22 heavy (non-hydrogen) atoms. The molecule has 0 radical (unpaired) electrons. The summed E-state index contributed by atoms with van der Waals surface area (Å²) in [4.78, 5) is 37.2. The van der Waals surface area contributed by atoms with Crippen molar-refractivity contribution in [3.8, 4) is 0 Å². The number of nitrogens with one attached hydrogen (secondary N) is 2. The van der Waals surface area contributed by atoms with Gasteiger partial charge in [0.05, 0.1) is 11.5 Å². The highest BCUT2D eigenvalue weighted by molar-refractivity contribution is 7.91. The fraction of sp³-hybridized carbons (Fsp3) is 0.769. The van der Waals surface area contributed by atoms with Gasteiger partial charge in [-0.15, -0.1) is 0 Å². The van der Waals surface area contributed by atoms with Crippen LogP contribution in [0.15, 0.2) is 0 Å². The Morgan fingerprint density at radius 1 is 1.32 bits per heavy atom. The van der Waals surface area contributed by atoms with E-state index in [0.29, 0.717) is 19.3 Å². The zero-order chi connectivity index (χ0) is 16.0. The van der Waals surface area contributed by atoms with Crippen molar-refractivity contribution >= 4 is 27.7 Å². The number of amides is 4. The average molecular weight is 329 g/mol. The molecule has 1 aliphatic carbocycles. The highest BCUT2D eigenvalue weighted by Crippen LogP contribution is 2.34. The molecule has 2 N–H and O–H groups in total. The smallest absolute Gasteiger partial charge is 0.325 e. The number of hydrogen-bond acceptors (Lipinski definition) is 5. The third kappa shape index (κ3) is 2.69. The predicted octanol–water partition coefficient (Wildman–Crippen LogP) is -0.846. The number of hydrogen-bond donors (Lipinski definition) is 2. The SMILES string of the molecule is O=C(CN1C(=O)NC2(CCCC2)C1=O)NC1CCS(=O)(=O)C1. The number of imide groups is 1. The Morgan fingerprint density at radius 3 is 2.59 bits per heavy atom. The van der Waals surface area contributed by atoms with Crippen molar-refractivity contribution < 1.29 is 22.8 Å². The summed E-state index contributed by atoms with van der Waals surface area (Å²) < 4.78 is 22.7. The van der Waals surface area contributed by atoms with Gasteiger partial charge in [0, 0.05) is 6.04 Å². The molecule has 0 aromatic rings. The number of sulfone groups is 1. The van der Waals surface area contributed by atoms with Gasteiger partial charge < -0.3 is 10.6 Å². The molecule has 2 saturated heterocycles. The van der Waals surface area contributed by atoms with Crippen LogP contribution in [0.5, 0.6) is 0 Å². The summed E-state index contributed by atoms with van der Waals surface area (Å²) in [6, 6.07) is -0.972. The lowest BCUT2D eigenvalue weighted by atomic mass is 9.98. The van der Waals surface area contributed by atoms with E-state index in [4.69, 9.17) is 0 Å². The average Bonchev–Trinajstić information content (AvgIpc) is 3.07. The second kappa shape index (κ2) is 5.22. The lowest BCUT2D eigenvalue weighted by molar-refractivity contribution is -0.135. The highest BCUT2D eigenvalue weighted by atomic mass is 32.2. The fourth-order valence-corrected chi connectivity index (χ4v) is 5.14. The Bertz CT molecular complexity index is 624. The molecule has 0 aromatic heterocycles. The van der Waals surface area contributed by atoms with Crippen LogP contribution in [-0.4, -0.2) is 60.8 Å². The first-order valence-corrected chi connectivity index (χ1v) is 9.27. The van der Waals surface area contributed by atoms with E-state index < -0.39 is 33.4 Å². The largest absolute Gasteiger partial charge is 0.351 e. The standard InChI is InChI=1S/C13H19N3O5S/c17-10(14-9-3-6-22(20,21)8-9)7-16-11(18)13(15-12(16)19)4-1-2-5-13/h9H,1-8H2,(H,14,17)(H,15,19). The van der Waals surface area contributed by atoms with E-state index in [1.807, 2.05) is 0 Å². The van der Waals surface area contributed by atoms with Crippen LogP contribution in [0.4, 0.5) is 4.79 Å². The molecule has 1 unspecified atom stereocenters. The van der Waals surface area contributed by atoms with Crippen LogP contribution in [0.25, 0.3) is 0 Å². The lowest BCUT2D eigenvalue weighted by Gasteiger charge is -2.20. The first-order chi connectivity index (χ1) is 10.3. The maximum Gasteiger partial charge on any atom is 0.325 e. The van der Waals surface area contributed by atoms with Crippen LogP contribution in [0.3, 0.4) is 0 Å². The minimum atomic E-state index is -3.08. The molecule has 1 saturated carbocycles. The number of rotatable bonds is 3. The van der Waals surface area contributed by atoms with E-state index in [9.17, 15) is 22.8 Å².